The molecule has 0 saturated heterocycles. The number of halogens is 1. The van der Waals surface area contributed by atoms with Gasteiger partial charge in [-0.05, 0) is 41.7 Å². The van der Waals surface area contributed by atoms with E-state index in [1.807, 2.05) is 4.99 Å². The first kappa shape index (κ1) is 10.2. The zero-order chi connectivity index (χ0) is 10.2. The summed E-state index contributed by atoms with van der Waals surface area (Å²) in [5, 5.41) is 0. The van der Waals surface area contributed by atoms with Gasteiger partial charge >= 0.3 is 0 Å². The molecule has 76 valence electrons. The monoisotopic (exact) mass is 254 g/mol. The SMILES string of the molecule is C[C@@]12C=CC(=O)CC1/C(=C/Br)CCC2. The highest BCUT2D eigenvalue weighted by atomic mass is 79.9. The molecule has 0 amide bonds. The molecule has 2 heteroatoms. The van der Waals surface area contributed by atoms with Crippen LogP contribution < -0.4 is 0 Å². The molecule has 0 N–H and O–H groups in total. The van der Waals surface area contributed by atoms with Crippen LogP contribution in [0.4, 0.5) is 0 Å². The molecule has 1 nitrogen and oxygen atoms in total. The molecule has 0 aromatic rings. The first-order valence-corrected chi connectivity index (χ1v) is 6.08. The summed E-state index contributed by atoms with van der Waals surface area (Å²) >= 11 is 3.42. The first-order chi connectivity index (χ1) is 6.65. The lowest BCUT2D eigenvalue weighted by atomic mass is 9.62. The molecule has 1 saturated carbocycles. The van der Waals surface area contributed by atoms with E-state index >= 15 is 0 Å². The summed E-state index contributed by atoms with van der Waals surface area (Å²) in [5.74, 6) is 0.717. The highest BCUT2D eigenvalue weighted by molar-refractivity contribution is 9.11. The Balaban J connectivity index is 2.35. The predicted octanol–water partition coefficient (Wildman–Crippen LogP) is 3.60. The van der Waals surface area contributed by atoms with Crippen molar-refractivity contribution >= 4 is 21.7 Å². The maximum absolute atomic E-state index is 11.4. The fourth-order valence-electron chi connectivity index (χ4n) is 2.69. The third kappa shape index (κ3) is 1.60. The van der Waals surface area contributed by atoms with Crippen LogP contribution in [0.25, 0.3) is 0 Å². The highest BCUT2D eigenvalue weighted by Gasteiger charge is 2.40. The fraction of sp³-hybridized carbons (Fsp3) is 0.583. The number of allylic oxidation sites excluding steroid dienone is 3. The Morgan fingerprint density at radius 3 is 3.14 bits per heavy atom. The van der Waals surface area contributed by atoms with Gasteiger partial charge in [-0.2, -0.15) is 0 Å². The summed E-state index contributed by atoms with van der Waals surface area (Å²) in [7, 11) is 0. The van der Waals surface area contributed by atoms with Gasteiger partial charge in [-0.25, -0.2) is 0 Å². The van der Waals surface area contributed by atoms with Crippen molar-refractivity contribution < 1.29 is 4.79 Å². The number of carbonyl (C=O) groups excluding carboxylic acids is 1. The molecule has 0 radical (unpaired) electrons. The van der Waals surface area contributed by atoms with Gasteiger partial charge in [0.2, 0.25) is 0 Å². The zero-order valence-electron chi connectivity index (χ0n) is 8.42. The molecule has 1 unspecified atom stereocenters. The van der Waals surface area contributed by atoms with E-state index in [0.29, 0.717) is 12.3 Å². The van der Waals surface area contributed by atoms with Crippen LogP contribution in [0.2, 0.25) is 0 Å². The van der Waals surface area contributed by atoms with Gasteiger partial charge in [0.15, 0.2) is 5.78 Å². The molecule has 0 heterocycles. The maximum Gasteiger partial charge on any atom is 0.156 e. The third-order valence-electron chi connectivity index (χ3n) is 3.62. The standard InChI is InChI=1S/C12H15BrO/c1-12-5-2-3-9(8-13)11(12)7-10(14)4-6-12/h4,6,8,11H,2-3,5,7H2,1H3/b9-8+/t11?,12-/m1/s1. The van der Waals surface area contributed by atoms with Crippen LogP contribution in [0.3, 0.4) is 0 Å². The van der Waals surface area contributed by atoms with Gasteiger partial charge in [-0.15, -0.1) is 0 Å². The Kier molecular flexibility index (Phi) is 2.65. The van der Waals surface area contributed by atoms with Gasteiger partial charge in [-0.3, -0.25) is 4.79 Å². The van der Waals surface area contributed by atoms with Crippen LogP contribution in [0.15, 0.2) is 22.7 Å². The van der Waals surface area contributed by atoms with Crippen molar-refractivity contribution in [3.05, 3.63) is 22.7 Å². The lowest BCUT2D eigenvalue weighted by Crippen LogP contribution is -2.35. The predicted molar refractivity (Wildman–Crippen MR) is 61.2 cm³/mol. The average molecular weight is 255 g/mol. The lowest BCUT2D eigenvalue weighted by Gasteiger charge is -2.42. The second kappa shape index (κ2) is 3.65. The van der Waals surface area contributed by atoms with Gasteiger partial charge in [0.25, 0.3) is 0 Å². The summed E-state index contributed by atoms with van der Waals surface area (Å²) in [6, 6.07) is 0. The van der Waals surface area contributed by atoms with Crippen molar-refractivity contribution in [2.45, 2.75) is 32.6 Å². The number of hydrogen-bond donors (Lipinski definition) is 0. The third-order valence-corrected chi connectivity index (χ3v) is 4.21. The van der Waals surface area contributed by atoms with E-state index in [0.717, 1.165) is 6.42 Å². The van der Waals surface area contributed by atoms with Crippen LogP contribution >= 0.6 is 15.9 Å². The van der Waals surface area contributed by atoms with Gasteiger partial charge < -0.3 is 0 Å². The van der Waals surface area contributed by atoms with Crippen LogP contribution in [0.1, 0.15) is 32.6 Å². The lowest BCUT2D eigenvalue weighted by molar-refractivity contribution is -0.116. The molecule has 0 aromatic heterocycles. The van der Waals surface area contributed by atoms with Crippen molar-refractivity contribution in [2.24, 2.45) is 11.3 Å². The van der Waals surface area contributed by atoms with Crippen LogP contribution in [-0.4, -0.2) is 5.78 Å². The quantitative estimate of drug-likeness (QED) is 0.646. The van der Waals surface area contributed by atoms with E-state index in [-0.39, 0.29) is 11.2 Å². The van der Waals surface area contributed by atoms with Crippen molar-refractivity contribution in [3.8, 4) is 0 Å². The Morgan fingerprint density at radius 1 is 1.64 bits per heavy atom. The van der Waals surface area contributed by atoms with E-state index < -0.39 is 0 Å². The Hall–Kier alpha value is -0.370. The molecular weight excluding hydrogens is 240 g/mol. The smallest absolute Gasteiger partial charge is 0.156 e. The van der Waals surface area contributed by atoms with Gasteiger partial charge in [0.1, 0.15) is 0 Å². The average Bonchev–Trinajstić information content (AvgIpc) is 2.18. The van der Waals surface area contributed by atoms with E-state index in [1.165, 1.54) is 18.4 Å². The van der Waals surface area contributed by atoms with Crippen molar-refractivity contribution in [2.75, 3.05) is 0 Å². The van der Waals surface area contributed by atoms with Gasteiger partial charge in [-0.1, -0.05) is 34.5 Å². The van der Waals surface area contributed by atoms with Crippen molar-refractivity contribution in [3.63, 3.8) is 0 Å². The molecule has 2 atom stereocenters. The molecule has 2 aliphatic rings. The van der Waals surface area contributed by atoms with Crippen LogP contribution in [0.5, 0.6) is 0 Å². The second-order valence-electron chi connectivity index (χ2n) is 4.60. The molecule has 0 spiro atoms. The maximum atomic E-state index is 11.4. The minimum atomic E-state index is 0.228. The van der Waals surface area contributed by atoms with E-state index in [1.54, 1.807) is 6.08 Å². The van der Waals surface area contributed by atoms with E-state index in [4.69, 9.17) is 0 Å². The van der Waals surface area contributed by atoms with Crippen LogP contribution in [-0.2, 0) is 4.79 Å². The Morgan fingerprint density at radius 2 is 2.43 bits per heavy atom. The number of ketones is 1. The number of hydrogen-bond acceptors (Lipinski definition) is 1. The topological polar surface area (TPSA) is 17.1 Å². The van der Waals surface area contributed by atoms with E-state index in [2.05, 4.69) is 28.9 Å². The van der Waals surface area contributed by atoms with Gasteiger partial charge in [0, 0.05) is 6.42 Å². The fourth-order valence-corrected chi connectivity index (χ4v) is 3.24. The molecule has 2 aliphatic carbocycles. The minimum Gasteiger partial charge on any atom is -0.295 e. The highest BCUT2D eigenvalue weighted by Crippen LogP contribution is 2.48. The summed E-state index contributed by atoms with van der Waals surface area (Å²) in [6.07, 6.45) is 8.19. The number of carbonyl (C=O) groups is 1. The first-order valence-electron chi connectivity index (χ1n) is 5.17. The van der Waals surface area contributed by atoms with Gasteiger partial charge in [0.05, 0.1) is 0 Å². The van der Waals surface area contributed by atoms with E-state index in [9.17, 15) is 4.79 Å². The normalized spacial score (nSPS) is 40.0. The number of rotatable bonds is 0. The Labute approximate surface area is 93.4 Å². The zero-order valence-corrected chi connectivity index (χ0v) is 10.0. The second-order valence-corrected chi connectivity index (χ2v) is 5.06. The summed E-state index contributed by atoms with van der Waals surface area (Å²) in [4.78, 5) is 13.4. The molecule has 2 rings (SSSR count). The minimum absolute atomic E-state index is 0.228. The molecule has 0 bridgehead atoms. The molecule has 1 fully saturated rings. The van der Waals surface area contributed by atoms with Crippen molar-refractivity contribution in [1.29, 1.82) is 0 Å². The molecule has 0 aliphatic heterocycles. The summed E-state index contributed by atoms with van der Waals surface area (Å²) in [6.45, 7) is 2.27. The van der Waals surface area contributed by atoms with Crippen LogP contribution in [0, 0.1) is 11.3 Å². The van der Waals surface area contributed by atoms with Crippen molar-refractivity contribution in [1.82, 2.24) is 0 Å². The summed E-state index contributed by atoms with van der Waals surface area (Å²) in [5.41, 5.74) is 1.64. The summed E-state index contributed by atoms with van der Waals surface area (Å²) < 4.78 is 0. The number of fused-ring (bicyclic) bond motifs is 1. The molecule has 14 heavy (non-hydrogen) atoms. The largest absolute Gasteiger partial charge is 0.295 e. The molecule has 0 aromatic carbocycles. The Bertz CT molecular complexity index is 316. The molecular formula is C12H15BrO.